The van der Waals surface area contributed by atoms with Gasteiger partial charge < -0.3 is 9.88 Å². The number of hydrogen-bond acceptors (Lipinski definition) is 1. The van der Waals surface area contributed by atoms with Crippen LogP contribution in [-0.2, 0) is 11.2 Å². The molecule has 2 heterocycles. The summed E-state index contributed by atoms with van der Waals surface area (Å²) in [6, 6.07) is 7.39. The zero-order valence-corrected chi connectivity index (χ0v) is 13.1. The van der Waals surface area contributed by atoms with Crippen LogP contribution in [-0.4, -0.2) is 26.1 Å². The monoisotopic (exact) mass is 330 g/mol. The summed E-state index contributed by atoms with van der Waals surface area (Å²) >= 11 is 18.4. The molecule has 3 rings (SSSR count). The minimum absolute atomic E-state index is 0.0920. The van der Waals surface area contributed by atoms with Gasteiger partial charge in [-0.05, 0) is 18.1 Å². The second-order valence-corrected chi connectivity index (χ2v) is 7.34. The lowest BCUT2D eigenvalue weighted by atomic mass is 9.98. The van der Waals surface area contributed by atoms with Gasteiger partial charge in [0, 0.05) is 30.1 Å². The third kappa shape index (κ3) is 2.18. The van der Waals surface area contributed by atoms with Crippen LogP contribution in [0.4, 0.5) is 0 Å². The smallest absolute Gasteiger partial charge is 0.220 e. The number of nitrogens with one attached hydrogen (secondary N) is 1. The summed E-state index contributed by atoms with van der Waals surface area (Å²) in [4.78, 5) is 16.7. The number of aromatic nitrogens is 1. The molecule has 0 spiro atoms. The number of rotatable bonds is 0. The van der Waals surface area contributed by atoms with Gasteiger partial charge >= 0.3 is 0 Å². The topological polar surface area (TPSA) is 36.1 Å². The molecule has 20 heavy (non-hydrogen) atoms. The van der Waals surface area contributed by atoms with Crippen LogP contribution in [0, 0.1) is 0 Å². The van der Waals surface area contributed by atoms with Crippen LogP contribution in [0.2, 0.25) is 0 Å². The van der Waals surface area contributed by atoms with Crippen molar-refractivity contribution in [1.29, 1.82) is 0 Å². The van der Waals surface area contributed by atoms with Gasteiger partial charge in [-0.1, -0.05) is 53.0 Å². The molecule has 1 aliphatic rings. The van der Waals surface area contributed by atoms with E-state index in [4.69, 9.17) is 34.8 Å². The molecule has 1 aliphatic heterocycles. The molecule has 0 aliphatic carbocycles. The van der Waals surface area contributed by atoms with E-state index in [0.717, 1.165) is 28.6 Å². The molecule has 0 fully saturated rings. The first kappa shape index (κ1) is 14.1. The van der Waals surface area contributed by atoms with E-state index >= 15 is 0 Å². The van der Waals surface area contributed by atoms with Crippen molar-refractivity contribution in [2.24, 2.45) is 0 Å². The summed E-state index contributed by atoms with van der Waals surface area (Å²) < 4.78 is -1.57. The zero-order chi connectivity index (χ0) is 14.5. The van der Waals surface area contributed by atoms with Crippen molar-refractivity contribution < 1.29 is 4.79 Å². The van der Waals surface area contributed by atoms with Crippen molar-refractivity contribution in [3.05, 3.63) is 35.5 Å². The largest absolute Gasteiger partial charge is 0.356 e. The molecule has 1 unspecified atom stereocenters. The second-order valence-electron chi connectivity index (χ2n) is 4.97. The summed E-state index contributed by atoms with van der Waals surface area (Å²) in [7, 11) is 0. The first-order valence-corrected chi connectivity index (χ1v) is 7.46. The lowest BCUT2D eigenvalue weighted by Crippen LogP contribution is -2.44. The first-order chi connectivity index (χ1) is 9.39. The van der Waals surface area contributed by atoms with Gasteiger partial charge in [0.1, 0.15) is 6.04 Å². The van der Waals surface area contributed by atoms with Crippen LogP contribution < -0.4 is 0 Å². The Morgan fingerprint density at radius 2 is 2.05 bits per heavy atom. The number of para-hydroxylation sites is 1. The Morgan fingerprint density at radius 1 is 1.35 bits per heavy atom. The molecule has 3 nitrogen and oxygen atoms in total. The van der Waals surface area contributed by atoms with Gasteiger partial charge in [0.2, 0.25) is 9.70 Å². The molecule has 1 aromatic heterocycles. The SMILES string of the molecule is CC(=O)N1CCc2c([nH]c3ccccc23)C1C(Cl)(Cl)Cl. The molecule has 1 amide bonds. The van der Waals surface area contributed by atoms with Crippen LogP contribution in [0.5, 0.6) is 0 Å². The fourth-order valence-corrected chi connectivity index (χ4v) is 3.60. The minimum atomic E-state index is -1.57. The Bertz CT molecular complexity index is 675. The molecule has 1 aromatic carbocycles. The summed E-state index contributed by atoms with van der Waals surface area (Å²) in [6.45, 7) is 2.06. The highest BCUT2D eigenvalue weighted by molar-refractivity contribution is 6.68. The van der Waals surface area contributed by atoms with Gasteiger partial charge in [-0.25, -0.2) is 0 Å². The molecule has 0 saturated heterocycles. The van der Waals surface area contributed by atoms with Gasteiger partial charge in [-0.3, -0.25) is 4.79 Å². The van der Waals surface area contributed by atoms with Crippen molar-refractivity contribution in [1.82, 2.24) is 9.88 Å². The molecule has 1 atom stereocenters. The molecular weight excluding hydrogens is 319 g/mol. The van der Waals surface area contributed by atoms with E-state index in [-0.39, 0.29) is 5.91 Å². The average Bonchev–Trinajstić information content (AvgIpc) is 2.74. The van der Waals surface area contributed by atoms with Crippen molar-refractivity contribution in [3.8, 4) is 0 Å². The van der Waals surface area contributed by atoms with E-state index in [1.54, 1.807) is 4.90 Å². The molecule has 6 heteroatoms. The number of hydrogen-bond donors (Lipinski definition) is 1. The van der Waals surface area contributed by atoms with Gasteiger partial charge in [0.25, 0.3) is 0 Å². The number of nitrogens with zero attached hydrogens (tertiary/aromatic N) is 1. The van der Waals surface area contributed by atoms with E-state index < -0.39 is 9.83 Å². The zero-order valence-electron chi connectivity index (χ0n) is 10.8. The lowest BCUT2D eigenvalue weighted by Gasteiger charge is -2.38. The maximum Gasteiger partial charge on any atom is 0.220 e. The van der Waals surface area contributed by atoms with E-state index in [1.807, 2.05) is 24.3 Å². The Labute approximate surface area is 131 Å². The van der Waals surface area contributed by atoms with Gasteiger partial charge in [-0.2, -0.15) is 0 Å². The normalized spacial score (nSPS) is 19.2. The summed E-state index contributed by atoms with van der Waals surface area (Å²) in [5, 5.41) is 1.13. The number of halogens is 3. The first-order valence-electron chi connectivity index (χ1n) is 6.33. The Balaban J connectivity index is 2.22. The van der Waals surface area contributed by atoms with Gasteiger partial charge in [-0.15, -0.1) is 0 Å². The molecule has 0 bridgehead atoms. The van der Waals surface area contributed by atoms with E-state index in [1.165, 1.54) is 6.92 Å². The molecule has 0 saturated carbocycles. The standard InChI is InChI=1S/C14H13Cl3N2O/c1-8(20)19-7-6-10-9-4-2-3-5-11(9)18-12(10)13(19)14(15,16)17/h2-5,13,18H,6-7H2,1H3. The molecular formula is C14H13Cl3N2O. The van der Waals surface area contributed by atoms with Crippen molar-refractivity contribution >= 4 is 51.6 Å². The molecule has 2 aromatic rings. The Hall–Kier alpha value is -0.900. The lowest BCUT2D eigenvalue weighted by molar-refractivity contribution is -0.131. The fourth-order valence-electron chi connectivity index (χ4n) is 2.92. The molecule has 106 valence electrons. The maximum absolute atomic E-state index is 11.8. The Morgan fingerprint density at radius 3 is 2.70 bits per heavy atom. The van der Waals surface area contributed by atoms with Crippen LogP contribution in [0.1, 0.15) is 24.2 Å². The summed E-state index contributed by atoms with van der Waals surface area (Å²) in [5.41, 5.74) is 2.96. The van der Waals surface area contributed by atoms with Crippen LogP contribution in [0.15, 0.2) is 24.3 Å². The van der Waals surface area contributed by atoms with E-state index in [2.05, 4.69) is 4.98 Å². The number of aromatic amines is 1. The second kappa shape index (κ2) is 4.83. The third-order valence-electron chi connectivity index (χ3n) is 3.75. The fraction of sp³-hybridized carbons (Fsp3) is 0.357. The third-order valence-corrected chi connectivity index (χ3v) is 4.37. The summed E-state index contributed by atoms with van der Waals surface area (Å²) in [5.74, 6) is -0.0920. The van der Waals surface area contributed by atoms with Crippen molar-refractivity contribution in [2.45, 2.75) is 23.2 Å². The van der Waals surface area contributed by atoms with E-state index in [9.17, 15) is 4.79 Å². The quantitative estimate of drug-likeness (QED) is 0.728. The number of benzene rings is 1. The Kier molecular flexibility index (Phi) is 3.39. The predicted molar refractivity (Wildman–Crippen MR) is 82.4 cm³/mol. The van der Waals surface area contributed by atoms with Crippen LogP contribution in [0.25, 0.3) is 10.9 Å². The number of amides is 1. The van der Waals surface area contributed by atoms with Crippen molar-refractivity contribution in [2.75, 3.05) is 6.54 Å². The highest BCUT2D eigenvalue weighted by Gasteiger charge is 2.44. The minimum Gasteiger partial charge on any atom is -0.356 e. The number of H-pyrrole nitrogens is 1. The number of alkyl halides is 3. The number of carbonyl (C=O) groups excluding carboxylic acids is 1. The van der Waals surface area contributed by atoms with Crippen LogP contribution in [0.3, 0.4) is 0 Å². The number of fused-ring (bicyclic) bond motifs is 3. The van der Waals surface area contributed by atoms with Gasteiger partial charge in [0.15, 0.2) is 0 Å². The predicted octanol–water partition coefficient (Wildman–Crippen LogP) is 3.98. The highest BCUT2D eigenvalue weighted by Crippen LogP contribution is 2.47. The molecule has 1 N–H and O–H groups in total. The summed E-state index contributed by atoms with van der Waals surface area (Å²) in [6.07, 6.45) is 0.760. The van der Waals surface area contributed by atoms with E-state index in [0.29, 0.717) is 6.54 Å². The molecule has 0 radical (unpaired) electrons. The highest BCUT2D eigenvalue weighted by atomic mass is 35.6. The van der Waals surface area contributed by atoms with Crippen molar-refractivity contribution in [3.63, 3.8) is 0 Å². The van der Waals surface area contributed by atoms with Gasteiger partial charge in [0.05, 0.1) is 0 Å². The number of carbonyl (C=O) groups is 1. The van der Waals surface area contributed by atoms with Crippen LogP contribution >= 0.6 is 34.8 Å². The maximum atomic E-state index is 11.8. The average molecular weight is 332 g/mol.